The second-order valence-electron chi connectivity index (χ2n) is 5.65. The zero-order valence-electron chi connectivity index (χ0n) is 14.3. The summed E-state index contributed by atoms with van der Waals surface area (Å²) in [6.07, 6.45) is 6.19. The van der Waals surface area contributed by atoms with E-state index in [1.165, 1.54) is 7.11 Å². The molecule has 7 heteroatoms. The standard InChI is InChI=1S/C18H21N5O2/c1-22-13-15(18(21-22)25-2)17(24)20-9-6-11-23-12-10-19-16(23)14-7-4-3-5-8-14/h3-5,7-8,10,12-13H,6,9,11H2,1-2H3,(H,20,24). The number of methoxy groups -OCH3 is 1. The highest BCUT2D eigenvalue weighted by Crippen LogP contribution is 2.17. The molecule has 1 N–H and O–H groups in total. The molecule has 0 radical (unpaired) electrons. The van der Waals surface area contributed by atoms with Crippen LogP contribution in [0.2, 0.25) is 0 Å². The highest BCUT2D eigenvalue weighted by atomic mass is 16.5. The third-order valence-electron chi connectivity index (χ3n) is 3.84. The van der Waals surface area contributed by atoms with Gasteiger partial charge in [0.1, 0.15) is 11.4 Å². The van der Waals surface area contributed by atoms with Crippen molar-refractivity contribution in [3.8, 4) is 17.3 Å². The average Bonchev–Trinajstić information content (AvgIpc) is 3.25. The first-order valence-electron chi connectivity index (χ1n) is 8.11. The van der Waals surface area contributed by atoms with E-state index in [1.807, 2.05) is 36.5 Å². The SMILES string of the molecule is COc1nn(C)cc1C(=O)NCCCn1ccnc1-c1ccccc1. The highest BCUT2D eigenvalue weighted by Gasteiger charge is 2.15. The summed E-state index contributed by atoms with van der Waals surface area (Å²) in [6, 6.07) is 10.1. The summed E-state index contributed by atoms with van der Waals surface area (Å²) in [5.74, 6) is 1.08. The topological polar surface area (TPSA) is 74.0 Å². The molecule has 25 heavy (non-hydrogen) atoms. The predicted molar refractivity (Wildman–Crippen MR) is 94.4 cm³/mol. The van der Waals surface area contributed by atoms with E-state index in [9.17, 15) is 4.79 Å². The van der Waals surface area contributed by atoms with Crippen LogP contribution in [0, 0.1) is 0 Å². The number of aryl methyl sites for hydroxylation is 2. The molecule has 0 saturated heterocycles. The summed E-state index contributed by atoms with van der Waals surface area (Å²) in [5, 5.41) is 6.99. The van der Waals surface area contributed by atoms with Crippen LogP contribution in [0.1, 0.15) is 16.8 Å². The van der Waals surface area contributed by atoms with E-state index in [-0.39, 0.29) is 5.91 Å². The molecule has 0 aliphatic heterocycles. The molecule has 3 aromatic rings. The van der Waals surface area contributed by atoms with Gasteiger partial charge in [-0.05, 0) is 6.42 Å². The van der Waals surface area contributed by atoms with Gasteiger partial charge in [-0.3, -0.25) is 9.48 Å². The van der Waals surface area contributed by atoms with Crippen LogP contribution in [0.25, 0.3) is 11.4 Å². The van der Waals surface area contributed by atoms with E-state index in [2.05, 4.69) is 20.0 Å². The molecule has 0 atom stereocenters. The van der Waals surface area contributed by atoms with E-state index in [0.29, 0.717) is 18.0 Å². The summed E-state index contributed by atoms with van der Waals surface area (Å²) in [7, 11) is 3.26. The Balaban J connectivity index is 1.54. The first kappa shape index (κ1) is 16.8. The van der Waals surface area contributed by atoms with Gasteiger partial charge >= 0.3 is 0 Å². The lowest BCUT2D eigenvalue weighted by Crippen LogP contribution is -2.25. The fourth-order valence-electron chi connectivity index (χ4n) is 2.66. The van der Waals surface area contributed by atoms with Gasteiger partial charge in [0.2, 0.25) is 5.88 Å². The van der Waals surface area contributed by atoms with Crippen molar-refractivity contribution in [2.75, 3.05) is 13.7 Å². The minimum Gasteiger partial charge on any atom is -0.479 e. The average molecular weight is 339 g/mol. The summed E-state index contributed by atoms with van der Waals surface area (Å²) in [5.41, 5.74) is 1.52. The molecule has 7 nitrogen and oxygen atoms in total. The lowest BCUT2D eigenvalue weighted by Gasteiger charge is -2.09. The predicted octanol–water partition coefficient (Wildman–Crippen LogP) is 2.11. The molecular formula is C18H21N5O2. The van der Waals surface area contributed by atoms with Gasteiger partial charge in [0.15, 0.2) is 0 Å². The van der Waals surface area contributed by atoms with Crippen LogP contribution in [0.15, 0.2) is 48.9 Å². The third-order valence-corrected chi connectivity index (χ3v) is 3.84. The number of carbonyl (C=O) groups excluding carboxylic acids is 1. The molecule has 3 rings (SSSR count). The molecule has 2 aromatic heterocycles. The maximum Gasteiger partial charge on any atom is 0.258 e. The minimum atomic E-state index is -0.182. The van der Waals surface area contributed by atoms with Crippen LogP contribution < -0.4 is 10.1 Å². The van der Waals surface area contributed by atoms with Gasteiger partial charge < -0.3 is 14.6 Å². The van der Waals surface area contributed by atoms with Gasteiger partial charge in [-0.2, -0.15) is 0 Å². The molecule has 0 spiro atoms. The first-order valence-corrected chi connectivity index (χ1v) is 8.11. The van der Waals surface area contributed by atoms with Crippen molar-refractivity contribution in [1.82, 2.24) is 24.6 Å². The van der Waals surface area contributed by atoms with Crippen molar-refractivity contribution in [3.05, 3.63) is 54.5 Å². The van der Waals surface area contributed by atoms with Crippen molar-refractivity contribution >= 4 is 5.91 Å². The van der Waals surface area contributed by atoms with Gasteiger partial charge in [0.05, 0.1) is 7.11 Å². The molecular weight excluding hydrogens is 318 g/mol. The molecule has 0 bridgehead atoms. The van der Waals surface area contributed by atoms with Gasteiger partial charge in [-0.15, -0.1) is 5.10 Å². The Labute approximate surface area is 146 Å². The van der Waals surface area contributed by atoms with Crippen LogP contribution in [0.3, 0.4) is 0 Å². The van der Waals surface area contributed by atoms with E-state index in [4.69, 9.17) is 4.74 Å². The van der Waals surface area contributed by atoms with Crippen LogP contribution in [0.4, 0.5) is 0 Å². The molecule has 0 saturated carbocycles. The van der Waals surface area contributed by atoms with Gasteiger partial charge in [0.25, 0.3) is 5.91 Å². The second-order valence-corrected chi connectivity index (χ2v) is 5.65. The van der Waals surface area contributed by atoms with Crippen molar-refractivity contribution < 1.29 is 9.53 Å². The maximum absolute atomic E-state index is 12.2. The zero-order chi connectivity index (χ0) is 17.6. The minimum absolute atomic E-state index is 0.182. The van der Waals surface area contributed by atoms with Gasteiger partial charge in [-0.1, -0.05) is 30.3 Å². The van der Waals surface area contributed by atoms with Crippen LogP contribution in [-0.4, -0.2) is 38.9 Å². The first-order chi connectivity index (χ1) is 12.2. The third kappa shape index (κ3) is 3.88. The summed E-state index contributed by atoms with van der Waals surface area (Å²) < 4.78 is 8.76. The Morgan fingerprint density at radius 2 is 2.08 bits per heavy atom. The monoisotopic (exact) mass is 339 g/mol. The summed E-state index contributed by atoms with van der Waals surface area (Å²) in [4.78, 5) is 16.6. The van der Waals surface area contributed by atoms with E-state index < -0.39 is 0 Å². The Morgan fingerprint density at radius 3 is 2.84 bits per heavy atom. The molecule has 1 aromatic carbocycles. The lowest BCUT2D eigenvalue weighted by molar-refractivity contribution is 0.0949. The number of hydrogen-bond donors (Lipinski definition) is 1. The van der Waals surface area contributed by atoms with Crippen molar-refractivity contribution in [3.63, 3.8) is 0 Å². The fraction of sp³-hybridized carbons (Fsp3) is 0.278. The largest absolute Gasteiger partial charge is 0.479 e. The van der Waals surface area contributed by atoms with E-state index in [1.54, 1.807) is 24.1 Å². The lowest BCUT2D eigenvalue weighted by atomic mass is 10.2. The molecule has 0 aliphatic rings. The van der Waals surface area contributed by atoms with Gasteiger partial charge in [-0.25, -0.2) is 4.98 Å². The number of amides is 1. The fourth-order valence-corrected chi connectivity index (χ4v) is 2.66. The van der Waals surface area contributed by atoms with Crippen LogP contribution in [0.5, 0.6) is 5.88 Å². The normalized spacial score (nSPS) is 10.6. The van der Waals surface area contributed by atoms with Gasteiger partial charge in [0, 0.05) is 44.3 Å². The number of aromatic nitrogens is 4. The number of nitrogens with zero attached hydrogens (tertiary/aromatic N) is 4. The van der Waals surface area contributed by atoms with Crippen molar-refractivity contribution in [2.45, 2.75) is 13.0 Å². The summed E-state index contributed by atoms with van der Waals surface area (Å²) in [6.45, 7) is 1.33. The number of hydrogen-bond acceptors (Lipinski definition) is 4. The molecule has 0 fully saturated rings. The van der Waals surface area contributed by atoms with Crippen molar-refractivity contribution in [1.29, 1.82) is 0 Å². The Morgan fingerprint density at radius 1 is 1.28 bits per heavy atom. The zero-order valence-corrected chi connectivity index (χ0v) is 14.3. The molecule has 0 aliphatic carbocycles. The number of ether oxygens (including phenoxy) is 1. The van der Waals surface area contributed by atoms with Crippen LogP contribution >= 0.6 is 0 Å². The number of carbonyl (C=O) groups is 1. The van der Waals surface area contributed by atoms with E-state index in [0.717, 1.165) is 24.4 Å². The Kier molecular flexibility index (Phi) is 5.13. The smallest absolute Gasteiger partial charge is 0.258 e. The number of imidazole rings is 1. The molecule has 1 amide bonds. The molecule has 0 unspecified atom stereocenters. The Bertz CT molecular complexity index is 838. The molecule has 130 valence electrons. The quantitative estimate of drug-likeness (QED) is 0.669. The maximum atomic E-state index is 12.2. The van der Waals surface area contributed by atoms with Crippen LogP contribution in [-0.2, 0) is 13.6 Å². The Hall–Kier alpha value is -3.09. The highest BCUT2D eigenvalue weighted by molar-refractivity contribution is 5.96. The van der Waals surface area contributed by atoms with E-state index >= 15 is 0 Å². The number of rotatable bonds is 7. The number of benzene rings is 1. The second kappa shape index (κ2) is 7.65. The number of nitrogens with one attached hydrogen (secondary N) is 1. The summed E-state index contributed by atoms with van der Waals surface area (Å²) >= 11 is 0. The molecule has 2 heterocycles. The van der Waals surface area contributed by atoms with Crippen molar-refractivity contribution in [2.24, 2.45) is 7.05 Å².